The molecule has 2 aromatic rings. The summed E-state index contributed by atoms with van der Waals surface area (Å²) in [7, 11) is 0. The molecule has 2 aliphatic rings. The Balaban J connectivity index is 1.38. The van der Waals surface area contributed by atoms with E-state index in [1.54, 1.807) is 6.33 Å². The molecule has 7 heteroatoms. The van der Waals surface area contributed by atoms with E-state index in [0.717, 1.165) is 35.8 Å². The third-order valence-corrected chi connectivity index (χ3v) is 5.29. The molecule has 4 rings (SSSR count). The molecule has 1 aromatic carbocycles. The Morgan fingerprint density at radius 3 is 2.88 bits per heavy atom. The van der Waals surface area contributed by atoms with Gasteiger partial charge in [-0.15, -0.1) is 0 Å². The quantitative estimate of drug-likeness (QED) is 0.881. The van der Waals surface area contributed by atoms with Crippen molar-refractivity contribution in [3.8, 4) is 0 Å². The minimum Gasteiger partial charge on any atom is -0.371 e. The van der Waals surface area contributed by atoms with E-state index in [1.165, 1.54) is 0 Å². The summed E-state index contributed by atoms with van der Waals surface area (Å²) in [5.41, 5.74) is 2.40. The number of imidazole rings is 1. The standard InChI is InChI=1S/C18H21ClN4O2/c1-11-17(21-10-20-11)18(24)22-14-6-15-9-25-16(8-23(15)7-14)12-2-4-13(19)5-3-12/h2-5,10,14-16H,6-9H2,1H3,(H,20,21)(H,22,24)/t14-,15-,16+/m0/s1. The number of rotatable bonds is 3. The van der Waals surface area contributed by atoms with E-state index in [-0.39, 0.29) is 18.1 Å². The zero-order valence-corrected chi connectivity index (χ0v) is 14.8. The number of benzene rings is 1. The average molecular weight is 361 g/mol. The predicted octanol–water partition coefficient (Wildman–Crippen LogP) is 2.32. The topological polar surface area (TPSA) is 70.2 Å². The Morgan fingerprint density at radius 2 is 2.16 bits per heavy atom. The van der Waals surface area contributed by atoms with Crippen LogP contribution in [0.1, 0.15) is 34.3 Å². The largest absolute Gasteiger partial charge is 0.371 e. The third kappa shape index (κ3) is 3.42. The first-order valence-electron chi connectivity index (χ1n) is 8.52. The second-order valence-corrected chi connectivity index (χ2v) is 7.20. The fraction of sp³-hybridized carbons (Fsp3) is 0.444. The fourth-order valence-corrected chi connectivity index (χ4v) is 3.83. The van der Waals surface area contributed by atoms with Crippen molar-refractivity contribution in [2.24, 2.45) is 0 Å². The molecular formula is C18H21ClN4O2. The Labute approximate surface area is 151 Å². The predicted molar refractivity (Wildman–Crippen MR) is 94.7 cm³/mol. The molecule has 2 fully saturated rings. The molecule has 2 N–H and O–H groups in total. The van der Waals surface area contributed by atoms with Crippen molar-refractivity contribution in [1.29, 1.82) is 0 Å². The second kappa shape index (κ2) is 6.78. The number of carbonyl (C=O) groups excluding carboxylic acids is 1. The van der Waals surface area contributed by atoms with Gasteiger partial charge in [-0.05, 0) is 31.0 Å². The minimum atomic E-state index is -0.112. The van der Waals surface area contributed by atoms with Crippen molar-refractivity contribution in [2.75, 3.05) is 19.7 Å². The van der Waals surface area contributed by atoms with Gasteiger partial charge in [0, 0.05) is 35.9 Å². The summed E-state index contributed by atoms with van der Waals surface area (Å²) < 4.78 is 6.05. The number of H-pyrrole nitrogens is 1. The number of fused-ring (bicyclic) bond motifs is 1. The monoisotopic (exact) mass is 360 g/mol. The van der Waals surface area contributed by atoms with Crippen LogP contribution in [0.4, 0.5) is 0 Å². The van der Waals surface area contributed by atoms with Crippen LogP contribution < -0.4 is 5.32 Å². The Morgan fingerprint density at radius 1 is 1.36 bits per heavy atom. The number of nitrogens with zero attached hydrogens (tertiary/aromatic N) is 2. The Hall–Kier alpha value is -1.89. The highest BCUT2D eigenvalue weighted by Gasteiger charge is 2.38. The number of aryl methyl sites for hydroxylation is 1. The van der Waals surface area contributed by atoms with Gasteiger partial charge >= 0.3 is 0 Å². The number of ether oxygens (including phenoxy) is 1. The Bertz CT molecular complexity index is 761. The van der Waals surface area contributed by atoms with Crippen LogP contribution in [0.3, 0.4) is 0 Å². The lowest BCUT2D eigenvalue weighted by molar-refractivity contribution is -0.0502. The smallest absolute Gasteiger partial charge is 0.272 e. The van der Waals surface area contributed by atoms with Gasteiger partial charge in [0.15, 0.2) is 0 Å². The molecule has 132 valence electrons. The van der Waals surface area contributed by atoms with Crippen molar-refractivity contribution < 1.29 is 9.53 Å². The first-order valence-corrected chi connectivity index (χ1v) is 8.90. The fourth-order valence-electron chi connectivity index (χ4n) is 3.70. The normalized spacial score (nSPS) is 26.4. The maximum absolute atomic E-state index is 12.4. The van der Waals surface area contributed by atoms with Crippen LogP contribution >= 0.6 is 11.6 Å². The van der Waals surface area contributed by atoms with E-state index in [4.69, 9.17) is 16.3 Å². The molecule has 0 radical (unpaired) electrons. The van der Waals surface area contributed by atoms with Crippen LogP contribution in [-0.2, 0) is 4.74 Å². The lowest BCUT2D eigenvalue weighted by Gasteiger charge is -2.35. The molecule has 1 aromatic heterocycles. The lowest BCUT2D eigenvalue weighted by Crippen LogP contribution is -2.43. The van der Waals surface area contributed by atoms with E-state index < -0.39 is 0 Å². The number of halogens is 1. The molecule has 0 spiro atoms. The molecular weight excluding hydrogens is 340 g/mol. The number of nitrogens with one attached hydrogen (secondary N) is 2. The van der Waals surface area contributed by atoms with E-state index in [2.05, 4.69) is 20.2 Å². The number of hydrogen-bond acceptors (Lipinski definition) is 4. The molecule has 1 amide bonds. The first kappa shape index (κ1) is 16.6. The number of carbonyl (C=O) groups is 1. The van der Waals surface area contributed by atoms with Crippen LogP contribution in [0.25, 0.3) is 0 Å². The van der Waals surface area contributed by atoms with E-state index in [0.29, 0.717) is 18.3 Å². The summed E-state index contributed by atoms with van der Waals surface area (Å²) in [6.07, 6.45) is 2.51. The van der Waals surface area contributed by atoms with Crippen molar-refractivity contribution in [3.05, 3.63) is 52.6 Å². The summed E-state index contributed by atoms with van der Waals surface area (Å²) >= 11 is 5.96. The Kier molecular flexibility index (Phi) is 4.50. The van der Waals surface area contributed by atoms with Crippen LogP contribution in [0.5, 0.6) is 0 Å². The van der Waals surface area contributed by atoms with Gasteiger partial charge in [0.05, 0.1) is 19.0 Å². The van der Waals surface area contributed by atoms with Crippen LogP contribution in [-0.4, -0.2) is 52.6 Å². The summed E-state index contributed by atoms with van der Waals surface area (Å²) in [5.74, 6) is -0.112. The average Bonchev–Trinajstić information content (AvgIpc) is 3.20. The van der Waals surface area contributed by atoms with Crippen molar-refractivity contribution in [3.63, 3.8) is 0 Å². The van der Waals surface area contributed by atoms with Gasteiger partial charge in [0.2, 0.25) is 0 Å². The molecule has 3 heterocycles. The summed E-state index contributed by atoms with van der Waals surface area (Å²) in [4.78, 5) is 21.8. The van der Waals surface area contributed by atoms with E-state index >= 15 is 0 Å². The minimum absolute atomic E-state index is 0.0524. The highest BCUT2D eigenvalue weighted by atomic mass is 35.5. The van der Waals surface area contributed by atoms with Crippen molar-refractivity contribution in [2.45, 2.75) is 31.5 Å². The lowest BCUT2D eigenvalue weighted by atomic mass is 10.1. The van der Waals surface area contributed by atoms with Crippen LogP contribution in [0, 0.1) is 6.92 Å². The maximum Gasteiger partial charge on any atom is 0.272 e. The van der Waals surface area contributed by atoms with Crippen molar-refractivity contribution >= 4 is 17.5 Å². The molecule has 25 heavy (non-hydrogen) atoms. The zero-order chi connectivity index (χ0) is 17.4. The van der Waals surface area contributed by atoms with Gasteiger partial charge in [0.1, 0.15) is 5.69 Å². The zero-order valence-electron chi connectivity index (χ0n) is 14.0. The summed E-state index contributed by atoms with van der Waals surface area (Å²) in [5, 5.41) is 3.84. The van der Waals surface area contributed by atoms with E-state index in [1.807, 2.05) is 31.2 Å². The molecule has 0 unspecified atom stereocenters. The first-order chi connectivity index (χ1) is 12.1. The molecule has 0 bridgehead atoms. The van der Waals surface area contributed by atoms with E-state index in [9.17, 15) is 4.79 Å². The number of morpholine rings is 1. The highest BCUT2D eigenvalue weighted by molar-refractivity contribution is 6.30. The highest BCUT2D eigenvalue weighted by Crippen LogP contribution is 2.30. The number of hydrogen-bond donors (Lipinski definition) is 2. The van der Waals surface area contributed by atoms with Crippen LogP contribution in [0.2, 0.25) is 5.02 Å². The summed E-state index contributed by atoms with van der Waals surface area (Å²) in [6.45, 7) is 4.21. The molecule has 2 aliphatic heterocycles. The van der Waals surface area contributed by atoms with Gasteiger partial charge in [-0.1, -0.05) is 23.7 Å². The molecule has 3 atom stereocenters. The molecule has 0 saturated carbocycles. The number of amides is 1. The summed E-state index contributed by atoms with van der Waals surface area (Å²) in [6, 6.07) is 8.30. The number of aromatic nitrogens is 2. The van der Waals surface area contributed by atoms with Crippen molar-refractivity contribution in [1.82, 2.24) is 20.2 Å². The molecule has 0 aliphatic carbocycles. The van der Waals surface area contributed by atoms with Gasteiger partial charge in [0.25, 0.3) is 5.91 Å². The second-order valence-electron chi connectivity index (χ2n) is 6.76. The maximum atomic E-state index is 12.4. The SMILES string of the molecule is Cc1[nH]cnc1C(=O)N[C@H]1C[C@H]2CO[C@@H](c3ccc(Cl)cc3)CN2C1. The van der Waals surface area contributed by atoms with Gasteiger partial charge in [-0.2, -0.15) is 0 Å². The van der Waals surface area contributed by atoms with Gasteiger partial charge in [-0.25, -0.2) is 4.98 Å². The number of aromatic amines is 1. The molecule has 6 nitrogen and oxygen atoms in total. The van der Waals surface area contributed by atoms with Crippen LogP contribution in [0.15, 0.2) is 30.6 Å². The molecule has 2 saturated heterocycles. The van der Waals surface area contributed by atoms with Gasteiger partial charge in [-0.3, -0.25) is 9.69 Å². The third-order valence-electron chi connectivity index (χ3n) is 5.04. The van der Waals surface area contributed by atoms with Gasteiger partial charge < -0.3 is 15.0 Å².